The Kier molecular flexibility index (Phi) is 12.3. The van der Waals surface area contributed by atoms with Gasteiger partial charge in [-0.2, -0.15) is 0 Å². The normalized spacial score (nSPS) is 16.1. The molecule has 0 fully saturated rings. The smallest absolute Gasteiger partial charge is 0.0863 e. The van der Waals surface area contributed by atoms with Crippen LogP contribution in [0.25, 0.3) is 10.9 Å². The van der Waals surface area contributed by atoms with Gasteiger partial charge in [0.05, 0.1) is 23.4 Å². The molecule has 1 aromatic carbocycles. The Morgan fingerprint density at radius 2 is 1.71 bits per heavy atom. The second-order valence-electron chi connectivity index (χ2n) is 10.8. The first-order chi connectivity index (χ1) is 18.1. The van der Waals surface area contributed by atoms with Crippen LogP contribution >= 0.6 is 0 Å². The topological polar surface area (TPSA) is 34.6 Å². The monoisotopic (exact) mass is 517 g/mol. The van der Waals surface area contributed by atoms with Crippen molar-refractivity contribution in [2.45, 2.75) is 64.5 Å². The van der Waals surface area contributed by atoms with E-state index in [1.165, 1.54) is 28.5 Å². The zero-order valence-corrected chi connectivity index (χ0v) is 24.9. The minimum Gasteiger partial charge on any atom is -0.390 e. The van der Waals surface area contributed by atoms with Crippen molar-refractivity contribution in [3.63, 3.8) is 0 Å². The Hall–Kier alpha value is -2.89. The van der Waals surface area contributed by atoms with Gasteiger partial charge in [0.15, 0.2) is 0 Å². The number of pyridine rings is 1. The molecule has 0 aliphatic heterocycles. The average Bonchev–Trinajstić information content (AvgIpc) is 3.27. The number of allylic oxidation sites excluding steroid dienone is 1. The average molecular weight is 518 g/mol. The molecule has 38 heavy (non-hydrogen) atoms. The van der Waals surface area contributed by atoms with Gasteiger partial charge in [-0.3, -0.25) is 14.8 Å². The lowest BCUT2D eigenvalue weighted by Crippen LogP contribution is -2.49. The molecule has 1 heterocycles. The Balaban J connectivity index is 0.00000161. The van der Waals surface area contributed by atoms with E-state index in [1.807, 2.05) is 19.3 Å². The maximum Gasteiger partial charge on any atom is 0.0863 e. The summed E-state index contributed by atoms with van der Waals surface area (Å²) < 4.78 is 0. The zero-order valence-electron chi connectivity index (χ0n) is 24.9. The van der Waals surface area contributed by atoms with Gasteiger partial charge in [0.2, 0.25) is 0 Å². The summed E-state index contributed by atoms with van der Waals surface area (Å²) in [4.78, 5) is 11.9. The molecular weight excluding hydrogens is 466 g/mol. The third kappa shape index (κ3) is 8.05. The van der Waals surface area contributed by atoms with Crippen molar-refractivity contribution in [2.75, 3.05) is 41.4 Å². The molecular formula is C33H51N5. The van der Waals surface area contributed by atoms with Crippen LogP contribution in [-0.4, -0.2) is 66.6 Å². The molecule has 5 heteroatoms. The first-order valence-corrected chi connectivity index (χ1v) is 13.9. The van der Waals surface area contributed by atoms with Gasteiger partial charge < -0.3 is 10.2 Å². The van der Waals surface area contributed by atoms with E-state index < -0.39 is 0 Å². The van der Waals surface area contributed by atoms with Crippen LogP contribution in [0.1, 0.15) is 56.4 Å². The molecule has 1 unspecified atom stereocenters. The molecule has 1 aliphatic carbocycles. The lowest BCUT2D eigenvalue weighted by atomic mass is 9.90. The third-order valence-electron chi connectivity index (χ3n) is 7.20. The van der Waals surface area contributed by atoms with Crippen molar-refractivity contribution in [3.8, 4) is 0 Å². The fourth-order valence-corrected chi connectivity index (χ4v) is 5.07. The lowest BCUT2D eigenvalue weighted by Gasteiger charge is -2.39. The molecule has 1 aromatic heterocycles. The molecule has 5 nitrogen and oxygen atoms in total. The summed E-state index contributed by atoms with van der Waals surface area (Å²) in [6.07, 6.45) is 9.93. The minimum absolute atomic E-state index is 0.199. The van der Waals surface area contributed by atoms with Gasteiger partial charge in [0, 0.05) is 51.1 Å². The number of benzene rings is 1. The standard InChI is InChI=1S/C30H43N5.C3H8/c1-9-11-12-23(3)15-16-35(22-33(6)7)21-28-14-13-25-17-26-19-30(24(4)31-5,34(8)10-2)20-27(26)18-29(25)32-28;1-3-2/h9-10,13-14,17-18,31H,1-4,11-12,15-16,19-22H2,5-8H3;3H2,1-2H3. The highest BCUT2D eigenvalue weighted by Gasteiger charge is 2.42. The van der Waals surface area contributed by atoms with Crippen LogP contribution in [0.15, 0.2) is 74.1 Å². The van der Waals surface area contributed by atoms with Crippen LogP contribution in [0.2, 0.25) is 0 Å². The first-order valence-electron chi connectivity index (χ1n) is 13.9. The molecule has 1 N–H and O–H groups in total. The Labute approximate surface area is 232 Å². The van der Waals surface area contributed by atoms with Crippen LogP contribution in [0.5, 0.6) is 0 Å². The SMILES string of the molecule is C=CCCC(=C)CCN(Cc1ccc2cc3c(cc2n1)CC(C(=C)NC)(N(C)C=C)C3)CN(C)C.CCC. The maximum absolute atomic E-state index is 5.09. The molecule has 0 radical (unpaired) electrons. The zero-order chi connectivity index (χ0) is 28.3. The van der Waals surface area contributed by atoms with E-state index >= 15 is 0 Å². The number of hydrogen-bond donors (Lipinski definition) is 1. The van der Waals surface area contributed by atoms with Crippen molar-refractivity contribution in [1.82, 2.24) is 25.0 Å². The van der Waals surface area contributed by atoms with Crippen LogP contribution in [0.3, 0.4) is 0 Å². The van der Waals surface area contributed by atoms with E-state index in [-0.39, 0.29) is 5.54 Å². The Bertz CT molecular complexity index is 1100. The molecule has 0 amide bonds. The van der Waals surface area contributed by atoms with E-state index in [0.29, 0.717) is 0 Å². The van der Waals surface area contributed by atoms with Crippen molar-refractivity contribution in [1.29, 1.82) is 0 Å². The Morgan fingerprint density at radius 1 is 1.05 bits per heavy atom. The van der Waals surface area contributed by atoms with Crippen LogP contribution < -0.4 is 5.32 Å². The van der Waals surface area contributed by atoms with Crippen molar-refractivity contribution in [3.05, 3.63) is 90.9 Å². The van der Waals surface area contributed by atoms with Gasteiger partial charge in [0.25, 0.3) is 0 Å². The van der Waals surface area contributed by atoms with E-state index in [2.05, 4.69) is 106 Å². The predicted molar refractivity (Wildman–Crippen MR) is 166 cm³/mol. The number of nitrogens with one attached hydrogen (secondary N) is 1. The number of nitrogens with zero attached hydrogens (tertiary/aromatic N) is 4. The number of likely N-dealkylation sites (N-methyl/N-ethyl adjacent to an activating group) is 2. The molecule has 2 aromatic rings. The molecule has 1 aliphatic rings. The largest absolute Gasteiger partial charge is 0.390 e. The van der Waals surface area contributed by atoms with Gasteiger partial charge in [-0.25, -0.2) is 0 Å². The van der Waals surface area contributed by atoms with Crippen LogP contribution in [0.4, 0.5) is 0 Å². The second-order valence-corrected chi connectivity index (χ2v) is 10.8. The number of fused-ring (bicyclic) bond motifs is 2. The summed E-state index contributed by atoms with van der Waals surface area (Å²) in [6.45, 7) is 23.3. The highest BCUT2D eigenvalue weighted by molar-refractivity contribution is 5.81. The van der Waals surface area contributed by atoms with Crippen LogP contribution in [0, 0.1) is 0 Å². The third-order valence-corrected chi connectivity index (χ3v) is 7.20. The molecule has 0 spiro atoms. The fourth-order valence-electron chi connectivity index (χ4n) is 5.07. The van der Waals surface area contributed by atoms with E-state index in [1.54, 1.807) is 0 Å². The predicted octanol–water partition coefficient (Wildman–Crippen LogP) is 6.53. The number of aromatic nitrogens is 1. The van der Waals surface area contributed by atoms with E-state index in [4.69, 9.17) is 4.98 Å². The van der Waals surface area contributed by atoms with Gasteiger partial charge in [-0.15, -0.1) is 6.58 Å². The highest BCUT2D eigenvalue weighted by atomic mass is 15.3. The highest BCUT2D eigenvalue weighted by Crippen LogP contribution is 2.39. The molecule has 208 valence electrons. The molecule has 0 saturated carbocycles. The molecule has 3 rings (SSSR count). The molecule has 1 atom stereocenters. The molecule has 0 bridgehead atoms. The fraction of sp³-hybridized carbons (Fsp3) is 0.485. The first kappa shape index (κ1) is 31.3. The van der Waals surface area contributed by atoms with Crippen LogP contribution in [-0.2, 0) is 19.4 Å². The number of hydrogen-bond acceptors (Lipinski definition) is 5. The van der Waals surface area contributed by atoms with E-state index in [0.717, 1.165) is 68.8 Å². The number of rotatable bonds is 14. The van der Waals surface area contributed by atoms with Crippen molar-refractivity contribution < 1.29 is 0 Å². The van der Waals surface area contributed by atoms with Crippen molar-refractivity contribution in [2.24, 2.45) is 0 Å². The Morgan fingerprint density at radius 3 is 2.29 bits per heavy atom. The summed E-state index contributed by atoms with van der Waals surface area (Å²) >= 11 is 0. The summed E-state index contributed by atoms with van der Waals surface area (Å²) in [5.41, 5.74) is 6.97. The summed E-state index contributed by atoms with van der Waals surface area (Å²) in [5.74, 6) is 0. The van der Waals surface area contributed by atoms with E-state index in [9.17, 15) is 0 Å². The van der Waals surface area contributed by atoms with Crippen molar-refractivity contribution >= 4 is 10.9 Å². The summed E-state index contributed by atoms with van der Waals surface area (Å²) in [5, 5.41) is 4.49. The summed E-state index contributed by atoms with van der Waals surface area (Å²) in [7, 11) is 8.26. The lowest BCUT2D eigenvalue weighted by molar-refractivity contribution is 0.168. The van der Waals surface area contributed by atoms with Gasteiger partial charge >= 0.3 is 0 Å². The van der Waals surface area contributed by atoms with Gasteiger partial charge in [-0.1, -0.05) is 57.7 Å². The summed E-state index contributed by atoms with van der Waals surface area (Å²) in [6, 6.07) is 8.99. The van der Waals surface area contributed by atoms with Gasteiger partial charge in [0.1, 0.15) is 0 Å². The van der Waals surface area contributed by atoms with Gasteiger partial charge in [-0.05, 0) is 68.9 Å². The maximum atomic E-state index is 5.09. The minimum atomic E-state index is -0.199. The second kappa shape index (κ2) is 14.9. The molecule has 0 saturated heterocycles. The quantitative estimate of drug-likeness (QED) is 0.228.